The molecule has 1 aliphatic heterocycles. The van der Waals surface area contributed by atoms with Crippen molar-refractivity contribution in [1.29, 1.82) is 5.26 Å². The molecule has 0 spiro atoms. The van der Waals surface area contributed by atoms with E-state index in [1.165, 1.54) is 0 Å². The number of hydrogen-bond donors (Lipinski definition) is 1. The molecule has 2 amide bonds. The molecule has 1 rings (SSSR count). The molecule has 1 saturated heterocycles. The van der Waals surface area contributed by atoms with E-state index in [1.807, 2.05) is 0 Å². The minimum absolute atomic E-state index is 0.0382. The first-order chi connectivity index (χ1) is 9.43. The zero-order valence-corrected chi connectivity index (χ0v) is 12.2. The summed E-state index contributed by atoms with van der Waals surface area (Å²) in [6.07, 6.45) is 2.62. The molecule has 1 N–H and O–H groups in total. The Labute approximate surface area is 120 Å². The second-order valence-corrected chi connectivity index (χ2v) is 5.56. The highest BCUT2D eigenvalue weighted by atomic mass is 16.4. The van der Waals surface area contributed by atoms with Gasteiger partial charge in [-0.05, 0) is 32.1 Å². The summed E-state index contributed by atoms with van der Waals surface area (Å²) in [5.41, 5.74) is 0. The molecule has 1 unspecified atom stereocenters. The molecule has 20 heavy (non-hydrogen) atoms. The van der Waals surface area contributed by atoms with Gasteiger partial charge in [0.25, 0.3) is 0 Å². The number of aliphatic carboxylic acids is 1. The van der Waals surface area contributed by atoms with Gasteiger partial charge >= 0.3 is 12.0 Å². The Balaban J connectivity index is 2.35. The Kier molecular flexibility index (Phi) is 6.29. The Morgan fingerprint density at radius 3 is 2.55 bits per heavy atom. The fraction of sp³-hybridized carbons (Fsp3) is 0.786. The highest BCUT2D eigenvalue weighted by Gasteiger charge is 2.25. The summed E-state index contributed by atoms with van der Waals surface area (Å²) >= 11 is 0. The van der Waals surface area contributed by atoms with Gasteiger partial charge in [0.2, 0.25) is 0 Å². The van der Waals surface area contributed by atoms with Crippen LogP contribution in [0.15, 0.2) is 0 Å². The lowest BCUT2D eigenvalue weighted by molar-refractivity contribution is -0.137. The fourth-order valence-corrected chi connectivity index (χ4v) is 2.51. The lowest BCUT2D eigenvalue weighted by atomic mass is 9.92. The van der Waals surface area contributed by atoms with Gasteiger partial charge < -0.3 is 14.9 Å². The van der Waals surface area contributed by atoms with Gasteiger partial charge in [0.1, 0.15) is 0 Å². The highest BCUT2D eigenvalue weighted by molar-refractivity contribution is 5.74. The van der Waals surface area contributed by atoms with Crippen LogP contribution in [0.1, 0.15) is 32.6 Å². The molecule has 1 fully saturated rings. The number of nitriles is 1. The van der Waals surface area contributed by atoms with Gasteiger partial charge in [-0.1, -0.05) is 0 Å². The van der Waals surface area contributed by atoms with Gasteiger partial charge in [0, 0.05) is 33.1 Å². The lowest BCUT2D eigenvalue weighted by Gasteiger charge is -2.34. The topological polar surface area (TPSA) is 84.6 Å². The van der Waals surface area contributed by atoms with E-state index in [2.05, 4.69) is 6.07 Å². The number of carbonyl (C=O) groups excluding carboxylic acids is 1. The van der Waals surface area contributed by atoms with E-state index in [-0.39, 0.29) is 18.4 Å². The summed E-state index contributed by atoms with van der Waals surface area (Å²) in [6.45, 7) is 3.58. The molecule has 0 aliphatic carbocycles. The average Bonchev–Trinajstić information content (AvgIpc) is 2.44. The molecule has 1 heterocycles. The number of piperidine rings is 1. The number of hydrogen-bond acceptors (Lipinski definition) is 3. The molecule has 6 nitrogen and oxygen atoms in total. The molecule has 112 valence electrons. The molecule has 0 saturated carbocycles. The van der Waals surface area contributed by atoms with Gasteiger partial charge in [-0.2, -0.15) is 5.26 Å². The second kappa shape index (κ2) is 7.73. The smallest absolute Gasteiger partial charge is 0.319 e. The van der Waals surface area contributed by atoms with Crippen LogP contribution in [0, 0.1) is 23.2 Å². The molecule has 0 radical (unpaired) electrons. The maximum Gasteiger partial charge on any atom is 0.319 e. The molecule has 0 aromatic rings. The molecule has 6 heteroatoms. The molecular formula is C14H23N3O3. The van der Waals surface area contributed by atoms with Crippen LogP contribution in [-0.2, 0) is 4.79 Å². The van der Waals surface area contributed by atoms with E-state index in [0.29, 0.717) is 32.0 Å². The van der Waals surface area contributed by atoms with E-state index in [0.717, 1.165) is 12.8 Å². The van der Waals surface area contributed by atoms with Crippen LogP contribution in [0.5, 0.6) is 0 Å². The van der Waals surface area contributed by atoms with Crippen LogP contribution < -0.4 is 0 Å². The monoisotopic (exact) mass is 281 g/mol. The number of carbonyl (C=O) groups is 2. The van der Waals surface area contributed by atoms with Gasteiger partial charge in [0.15, 0.2) is 0 Å². The Morgan fingerprint density at radius 2 is 2.05 bits per heavy atom. The van der Waals surface area contributed by atoms with E-state index in [4.69, 9.17) is 10.4 Å². The number of amides is 2. The van der Waals surface area contributed by atoms with E-state index >= 15 is 0 Å². The molecule has 0 aromatic carbocycles. The van der Waals surface area contributed by atoms with Crippen molar-refractivity contribution in [2.24, 2.45) is 11.8 Å². The van der Waals surface area contributed by atoms with Crippen LogP contribution in [0.2, 0.25) is 0 Å². The predicted octanol–water partition coefficient (Wildman–Crippen LogP) is 1.77. The first-order valence-corrected chi connectivity index (χ1v) is 7.05. The molecule has 1 atom stereocenters. The van der Waals surface area contributed by atoms with Gasteiger partial charge in [-0.3, -0.25) is 4.79 Å². The van der Waals surface area contributed by atoms with Gasteiger partial charge in [-0.25, -0.2) is 4.79 Å². The molecular weight excluding hydrogens is 258 g/mol. The number of likely N-dealkylation sites (tertiary alicyclic amines) is 1. The van der Waals surface area contributed by atoms with Crippen molar-refractivity contribution >= 4 is 12.0 Å². The summed E-state index contributed by atoms with van der Waals surface area (Å²) in [6, 6.07) is 2.08. The molecule has 0 bridgehead atoms. The van der Waals surface area contributed by atoms with Crippen molar-refractivity contribution in [3.8, 4) is 6.07 Å². The van der Waals surface area contributed by atoms with Crippen molar-refractivity contribution in [2.45, 2.75) is 32.6 Å². The summed E-state index contributed by atoms with van der Waals surface area (Å²) < 4.78 is 0. The van der Waals surface area contributed by atoms with Crippen LogP contribution >= 0.6 is 0 Å². The Morgan fingerprint density at radius 1 is 1.45 bits per heavy atom. The third kappa shape index (κ3) is 5.08. The van der Waals surface area contributed by atoms with Crippen molar-refractivity contribution < 1.29 is 14.7 Å². The summed E-state index contributed by atoms with van der Waals surface area (Å²) in [4.78, 5) is 26.1. The Bertz CT molecular complexity index is 384. The first kappa shape index (κ1) is 16.3. The SMILES string of the molecule is CC(C#N)CN(C)C(=O)N1CCC(CCC(=O)O)CC1. The van der Waals surface area contributed by atoms with Crippen LogP contribution in [0.25, 0.3) is 0 Å². The first-order valence-electron chi connectivity index (χ1n) is 7.05. The average molecular weight is 281 g/mol. The number of urea groups is 1. The minimum Gasteiger partial charge on any atom is -0.481 e. The summed E-state index contributed by atoms with van der Waals surface area (Å²) in [5, 5.41) is 17.4. The van der Waals surface area contributed by atoms with Crippen molar-refractivity contribution in [2.75, 3.05) is 26.7 Å². The van der Waals surface area contributed by atoms with Crippen molar-refractivity contribution in [3.63, 3.8) is 0 Å². The van der Waals surface area contributed by atoms with E-state index < -0.39 is 5.97 Å². The zero-order valence-electron chi connectivity index (χ0n) is 12.2. The Hall–Kier alpha value is -1.77. The van der Waals surface area contributed by atoms with Gasteiger partial charge in [0.05, 0.1) is 12.0 Å². The van der Waals surface area contributed by atoms with Crippen LogP contribution in [-0.4, -0.2) is 53.6 Å². The number of carboxylic acids is 1. The van der Waals surface area contributed by atoms with Crippen molar-refractivity contribution in [3.05, 3.63) is 0 Å². The second-order valence-electron chi connectivity index (χ2n) is 5.56. The zero-order chi connectivity index (χ0) is 15.1. The maximum absolute atomic E-state index is 12.2. The largest absolute Gasteiger partial charge is 0.481 e. The lowest BCUT2D eigenvalue weighted by Crippen LogP contribution is -2.46. The van der Waals surface area contributed by atoms with E-state index in [1.54, 1.807) is 23.8 Å². The number of nitrogens with zero attached hydrogens (tertiary/aromatic N) is 3. The fourth-order valence-electron chi connectivity index (χ4n) is 2.51. The predicted molar refractivity (Wildman–Crippen MR) is 74.0 cm³/mol. The minimum atomic E-state index is -0.756. The quantitative estimate of drug-likeness (QED) is 0.832. The third-order valence-electron chi connectivity index (χ3n) is 3.75. The normalized spacial score (nSPS) is 17.4. The number of carboxylic acid groups (broad SMARTS) is 1. The molecule has 1 aliphatic rings. The maximum atomic E-state index is 12.2. The van der Waals surface area contributed by atoms with E-state index in [9.17, 15) is 9.59 Å². The van der Waals surface area contributed by atoms with Crippen LogP contribution in [0.3, 0.4) is 0 Å². The van der Waals surface area contributed by atoms with Gasteiger partial charge in [-0.15, -0.1) is 0 Å². The molecule has 0 aromatic heterocycles. The highest BCUT2D eigenvalue weighted by Crippen LogP contribution is 2.22. The summed E-state index contributed by atoms with van der Waals surface area (Å²) in [5.74, 6) is -0.524. The van der Waals surface area contributed by atoms with Crippen molar-refractivity contribution in [1.82, 2.24) is 9.80 Å². The number of rotatable bonds is 5. The van der Waals surface area contributed by atoms with Crippen LogP contribution in [0.4, 0.5) is 4.79 Å². The third-order valence-corrected chi connectivity index (χ3v) is 3.75. The summed E-state index contributed by atoms with van der Waals surface area (Å²) in [7, 11) is 1.71. The standard InChI is InChI=1S/C14H23N3O3/c1-11(9-15)10-16(2)14(20)17-7-5-12(6-8-17)3-4-13(18)19/h11-12H,3-8,10H2,1-2H3,(H,18,19).